The minimum Gasteiger partial charge on any atom is -0.280 e. The number of halogens is 2. The average Bonchev–Trinajstić information content (AvgIpc) is 2.79. The molecule has 108 valence electrons. The van der Waals surface area contributed by atoms with Crippen LogP contribution < -0.4 is 4.72 Å². The molecule has 2 aromatic carbocycles. The molecule has 0 bridgehead atoms. The number of nitrogens with zero attached hydrogens (tertiary/aromatic N) is 1. The Balaban J connectivity index is 2.01. The first-order valence-electron chi connectivity index (χ1n) is 5.88. The number of aromatic nitrogens is 2. The maximum atomic E-state index is 13.1. The van der Waals surface area contributed by atoms with Crippen LogP contribution in [0.4, 0.5) is 10.1 Å². The summed E-state index contributed by atoms with van der Waals surface area (Å²) in [6, 6.07) is 9.94. The van der Waals surface area contributed by atoms with Gasteiger partial charge < -0.3 is 0 Å². The Bertz CT molecular complexity index is 924. The van der Waals surface area contributed by atoms with Crippen molar-refractivity contribution in [3.63, 3.8) is 0 Å². The van der Waals surface area contributed by atoms with E-state index in [4.69, 9.17) is 0 Å². The number of rotatable bonds is 3. The number of H-pyrrole nitrogens is 1. The zero-order valence-electron chi connectivity index (χ0n) is 10.5. The zero-order valence-corrected chi connectivity index (χ0v) is 13.4. The van der Waals surface area contributed by atoms with Gasteiger partial charge in [0.05, 0.1) is 16.1 Å². The van der Waals surface area contributed by atoms with Crippen molar-refractivity contribution in [2.45, 2.75) is 4.90 Å². The van der Waals surface area contributed by atoms with E-state index in [2.05, 4.69) is 14.9 Å². The van der Waals surface area contributed by atoms with Crippen molar-refractivity contribution < 1.29 is 12.8 Å². The standard InChI is InChI=1S/C13H9FIN3O2S/c14-8-2-1-3-9(6-8)18-21(19,20)10-4-5-12-11(7-10)13(15)17-16-12/h1-7,18H,(H,16,17). The second-order valence-electron chi connectivity index (χ2n) is 4.34. The van der Waals surface area contributed by atoms with E-state index in [-0.39, 0.29) is 10.6 Å². The molecule has 1 aromatic heterocycles. The molecule has 8 heteroatoms. The van der Waals surface area contributed by atoms with Gasteiger partial charge in [0.2, 0.25) is 0 Å². The molecule has 0 aliphatic carbocycles. The number of hydrogen-bond acceptors (Lipinski definition) is 3. The maximum absolute atomic E-state index is 13.1. The van der Waals surface area contributed by atoms with Crippen LogP contribution in [-0.2, 0) is 10.0 Å². The fourth-order valence-corrected chi connectivity index (χ4v) is 3.54. The molecule has 0 aliphatic rings. The zero-order chi connectivity index (χ0) is 15.0. The highest BCUT2D eigenvalue weighted by molar-refractivity contribution is 14.1. The molecule has 0 unspecified atom stereocenters. The third kappa shape index (κ3) is 2.86. The minimum atomic E-state index is -3.78. The lowest BCUT2D eigenvalue weighted by Crippen LogP contribution is -2.12. The predicted octanol–water partition coefficient (Wildman–Crippen LogP) is 3.11. The molecule has 0 atom stereocenters. The summed E-state index contributed by atoms with van der Waals surface area (Å²) in [5.41, 5.74) is 0.932. The molecule has 0 amide bonds. The summed E-state index contributed by atoms with van der Waals surface area (Å²) in [4.78, 5) is 0.0959. The Morgan fingerprint density at radius 2 is 2.00 bits per heavy atom. The molecule has 21 heavy (non-hydrogen) atoms. The van der Waals surface area contributed by atoms with Gasteiger partial charge in [0.1, 0.15) is 9.52 Å². The quantitative estimate of drug-likeness (QED) is 0.644. The van der Waals surface area contributed by atoms with Crippen LogP contribution in [0.15, 0.2) is 47.4 Å². The summed E-state index contributed by atoms with van der Waals surface area (Å²) in [6.07, 6.45) is 0. The first-order valence-corrected chi connectivity index (χ1v) is 8.44. The summed E-state index contributed by atoms with van der Waals surface area (Å²) in [7, 11) is -3.78. The van der Waals surface area contributed by atoms with Gasteiger partial charge >= 0.3 is 0 Å². The van der Waals surface area contributed by atoms with Crippen LogP contribution in [0.2, 0.25) is 0 Å². The van der Waals surface area contributed by atoms with Crippen LogP contribution in [0.3, 0.4) is 0 Å². The number of benzene rings is 2. The molecule has 5 nitrogen and oxygen atoms in total. The second kappa shape index (κ2) is 5.26. The van der Waals surface area contributed by atoms with E-state index in [9.17, 15) is 12.8 Å². The third-order valence-electron chi connectivity index (χ3n) is 2.87. The van der Waals surface area contributed by atoms with E-state index in [1.165, 1.54) is 30.3 Å². The number of hydrogen-bond donors (Lipinski definition) is 2. The number of nitrogens with one attached hydrogen (secondary N) is 2. The molecule has 0 saturated heterocycles. The smallest absolute Gasteiger partial charge is 0.261 e. The first kappa shape index (κ1) is 14.3. The topological polar surface area (TPSA) is 74.8 Å². The van der Waals surface area contributed by atoms with Crippen molar-refractivity contribution in [1.82, 2.24) is 10.2 Å². The lowest BCUT2D eigenvalue weighted by Gasteiger charge is -2.08. The van der Waals surface area contributed by atoms with Gasteiger partial charge in [-0.3, -0.25) is 9.82 Å². The summed E-state index contributed by atoms with van der Waals surface area (Å²) >= 11 is 2.02. The van der Waals surface area contributed by atoms with Gasteiger partial charge in [0.25, 0.3) is 10.0 Å². The fraction of sp³-hybridized carbons (Fsp3) is 0. The summed E-state index contributed by atoms with van der Waals surface area (Å²) in [6.45, 7) is 0. The molecule has 0 spiro atoms. The molecule has 0 radical (unpaired) electrons. The van der Waals surface area contributed by atoms with Crippen LogP contribution in [0.5, 0.6) is 0 Å². The predicted molar refractivity (Wildman–Crippen MR) is 86.0 cm³/mol. The first-order chi connectivity index (χ1) is 9.95. The highest BCUT2D eigenvalue weighted by Gasteiger charge is 2.16. The van der Waals surface area contributed by atoms with Crippen molar-refractivity contribution in [1.29, 1.82) is 0 Å². The average molecular weight is 417 g/mol. The van der Waals surface area contributed by atoms with Crippen molar-refractivity contribution in [2.24, 2.45) is 0 Å². The van der Waals surface area contributed by atoms with Gasteiger partial charge in [-0.25, -0.2) is 12.8 Å². The van der Waals surface area contributed by atoms with Crippen LogP contribution in [-0.4, -0.2) is 18.6 Å². The van der Waals surface area contributed by atoms with Gasteiger partial charge in [-0.05, 0) is 59.0 Å². The van der Waals surface area contributed by atoms with E-state index >= 15 is 0 Å². The normalized spacial score (nSPS) is 11.7. The highest BCUT2D eigenvalue weighted by Crippen LogP contribution is 2.23. The molecule has 1 heterocycles. The summed E-state index contributed by atoms with van der Waals surface area (Å²) < 4.78 is 40.8. The van der Waals surface area contributed by atoms with Gasteiger partial charge in [0, 0.05) is 5.39 Å². The molecular formula is C13H9FIN3O2S. The maximum Gasteiger partial charge on any atom is 0.261 e. The largest absolute Gasteiger partial charge is 0.280 e. The summed E-state index contributed by atoms with van der Waals surface area (Å²) in [5, 5.41) is 7.53. The number of sulfonamides is 1. The lowest BCUT2D eigenvalue weighted by atomic mass is 10.3. The molecule has 3 rings (SSSR count). The number of aromatic amines is 1. The van der Waals surface area contributed by atoms with Crippen molar-refractivity contribution in [2.75, 3.05) is 4.72 Å². The Morgan fingerprint density at radius 3 is 2.76 bits per heavy atom. The van der Waals surface area contributed by atoms with E-state index < -0.39 is 15.8 Å². The lowest BCUT2D eigenvalue weighted by molar-refractivity contribution is 0.601. The molecule has 0 saturated carbocycles. The SMILES string of the molecule is O=S(=O)(Nc1cccc(F)c1)c1ccc2[nH]nc(I)c2c1. The third-order valence-corrected chi connectivity index (χ3v) is 5.08. The van der Waals surface area contributed by atoms with Gasteiger partial charge in [0.15, 0.2) is 0 Å². The van der Waals surface area contributed by atoms with E-state index in [0.29, 0.717) is 3.70 Å². The Kier molecular flexibility index (Phi) is 3.57. The fourth-order valence-electron chi connectivity index (χ4n) is 1.89. The number of fused-ring (bicyclic) bond motifs is 1. The minimum absolute atomic E-state index is 0.0959. The van der Waals surface area contributed by atoms with Crippen molar-refractivity contribution in [3.05, 3.63) is 52.0 Å². The molecule has 0 fully saturated rings. The molecule has 0 aliphatic heterocycles. The van der Waals surface area contributed by atoms with Gasteiger partial charge in [-0.1, -0.05) is 6.07 Å². The summed E-state index contributed by atoms with van der Waals surface area (Å²) in [5.74, 6) is -0.505. The van der Waals surface area contributed by atoms with Crippen LogP contribution in [0.25, 0.3) is 10.9 Å². The van der Waals surface area contributed by atoms with Gasteiger partial charge in [-0.15, -0.1) is 0 Å². The molecular weight excluding hydrogens is 408 g/mol. The molecule has 2 N–H and O–H groups in total. The van der Waals surface area contributed by atoms with Crippen molar-refractivity contribution >= 4 is 49.2 Å². The van der Waals surface area contributed by atoms with E-state index in [1.54, 1.807) is 6.07 Å². The van der Waals surface area contributed by atoms with E-state index in [1.807, 2.05) is 22.6 Å². The van der Waals surface area contributed by atoms with Crippen LogP contribution in [0, 0.1) is 9.52 Å². The Morgan fingerprint density at radius 1 is 1.19 bits per heavy atom. The molecule has 3 aromatic rings. The van der Waals surface area contributed by atoms with Gasteiger partial charge in [-0.2, -0.15) is 5.10 Å². The highest BCUT2D eigenvalue weighted by atomic mass is 127. The van der Waals surface area contributed by atoms with Crippen LogP contribution in [0.1, 0.15) is 0 Å². The second-order valence-corrected chi connectivity index (χ2v) is 7.04. The van der Waals surface area contributed by atoms with Crippen molar-refractivity contribution in [3.8, 4) is 0 Å². The number of anilines is 1. The Hall–Kier alpha value is -1.68. The van der Waals surface area contributed by atoms with E-state index in [0.717, 1.165) is 17.0 Å². The monoisotopic (exact) mass is 417 g/mol. The van der Waals surface area contributed by atoms with Crippen LogP contribution >= 0.6 is 22.6 Å². The Labute approximate surface area is 133 Å².